The Morgan fingerprint density at radius 1 is 1.00 bits per heavy atom. The topological polar surface area (TPSA) is 61.8 Å². The van der Waals surface area contributed by atoms with Gasteiger partial charge in [0.2, 0.25) is 6.79 Å². The Balaban J connectivity index is 1.46. The molecule has 0 radical (unpaired) electrons. The van der Waals surface area contributed by atoms with Gasteiger partial charge in [0.15, 0.2) is 0 Å². The van der Waals surface area contributed by atoms with E-state index in [0.717, 1.165) is 19.3 Å². The molecule has 0 aliphatic heterocycles. The predicted octanol–water partition coefficient (Wildman–Crippen LogP) is 4.05. The second-order valence-corrected chi connectivity index (χ2v) is 8.38. The molecule has 0 saturated heterocycles. The minimum absolute atomic E-state index is 0.321. The number of hydrogen-bond acceptors (Lipinski definition) is 5. The highest BCUT2D eigenvalue weighted by molar-refractivity contribution is 5.75. The van der Waals surface area contributed by atoms with E-state index in [0.29, 0.717) is 24.2 Å². The summed E-state index contributed by atoms with van der Waals surface area (Å²) in [5, 5.41) is 0. The first-order valence-corrected chi connectivity index (χ1v) is 8.85. The van der Waals surface area contributed by atoms with Crippen molar-refractivity contribution < 1.29 is 23.8 Å². The Hall–Kier alpha value is -1.26. The van der Waals surface area contributed by atoms with Crippen molar-refractivity contribution in [2.24, 2.45) is 23.2 Å². The Bertz CT molecular complexity index is 447. The molecule has 5 nitrogen and oxygen atoms in total. The number of carbonyl (C=O) groups is 2. The summed E-state index contributed by atoms with van der Waals surface area (Å²) in [7, 11) is 0. The molecule has 4 rings (SSSR count). The summed E-state index contributed by atoms with van der Waals surface area (Å²) in [6.45, 7) is 5.17. The number of ether oxygens (including phenoxy) is 3. The van der Waals surface area contributed by atoms with E-state index in [9.17, 15) is 9.59 Å². The van der Waals surface area contributed by atoms with E-state index < -0.39 is 11.6 Å². The van der Waals surface area contributed by atoms with Crippen LogP contribution >= 0.6 is 0 Å². The van der Waals surface area contributed by atoms with Crippen molar-refractivity contribution >= 4 is 12.1 Å². The molecule has 0 spiro atoms. The van der Waals surface area contributed by atoms with E-state index >= 15 is 0 Å². The molecule has 0 amide bonds. The largest absolute Gasteiger partial charge is 0.511 e. The lowest BCUT2D eigenvalue weighted by atomic mass is 9.54. The van der Waals surface area contributed by atoms with Gasteiger partial charge in [-0.15, -0.1) is 0 Å². The minimum atomic E-state index is -0.700. The molecule has 0 heterocycles. The fourth-order valence-corrected chi connectivity index (χ4v) is 4.83. The van der Waals surface area contributed by atoms with Gasteiger partial charge >= 0.3 is 12.1 Å². The van der Waals surface area contributed by atoms with Gasteiger partial charge in [-0.2, -0.15) is 0 Å². The van der Waals surface area contributed by atoms with E-state index in [4.69, 9.17) is 14.2 Å². The number of hydrogen-bond donors (Lipinski definition) is 0. The lowest BCUT2D eigenvalue weighted by Gasteiger charge is -2.55. The van der Waals surface area contributed by atoms with Crippen LogP contribution in [0.4, 0.5) is 4.79 Å². The van der Waals surface area contributed by atoms with Crippen LogP contribution in [0.2, 0.25) is 0 Å². The molecule has 0 atom stereocenters. The second-order valence-electron chi connectivity index (χ2n) is 8.38. The van der Waals surface area contributed by atoms with Gasteiger partial charge in [0, 0.05) is 0 Å². The fourth-order valence-electron chi connectivity index (χ4n) is 4.83. The molecule has 0 unspecified atom stereocenters. The van der Waals surface area contributed by atoms with Crippen LogP contribution < -0.4 is 0 Å². The molecular weight excluding hydrogens is 296 g/mol. The fraction of sp³-hybridized carbons (Fsp3) is 0.889. The number of carbonyl (C=O) groups excluding carboxylic acids is 2. The van der Waals surface area contributed by atoms with Crippen molar-refractivity contribution in [1.82, 2.24) is 0 Å². The van der Waals surface area contributed by atoms with Crippen LogP contribution in [0.3, 0.4) is 0 Å². The molecule has 4 aliphatic carbocycles. The summed E-state index contributed by atoms with van der Waals surface area (Å²) in [4.78, 5) is 23.8. The van der Waals surface area contributed by atoms with Crippen LogP contribution in [0.1, 0.15) is 65.7 Å². The van der Waals surface area contributed by atoms with Gasteiger partial charge in [-0.1, -0.05) is 6.92 Å². The average molecular weight is 324 g/mol. The Morgan fingerprint density at radius 2 is 1.52 bits per heavy atom. The Labute approximate surface area is 138 Å². The monoisotopic (exact) mass is 324 g/mol. The van der Waals surface area contributed by atoms with Crippen LogP contribution in [0, 0.1) is 23.2 Å². The maximum Gasteiger partial charge on any atom is 0.511 e. The summed E-state index contributed by atoms with van der Waals surface area (Å²) in [6.07, 6.45) is 6.76. The summed E-state index contributed by atoms with van der Waals surface area (Å²) in [5.74, 6) is 1.76. The standard InChI is InChI=1S/C18H28O5/c1-4-17(2,3)15(19)21-11-22-16(20)23-18-8-12-5-13(9-18)7-14(6-12)10-18/h12-14H,4-11H2,1-3H3. The molecule has 0 aromatic carbocycles. The van der Waals surface area contributed by atoms with Gasteiger partial charge in [-0.25, -0.2) is 4.79 Å². The van der Waals surface area contributed by atoms with Crippen molar-refractivity contribution in [1.29, 1.82) is 0 Å². The molecule has 4 aliphatic rings. The molecule has 23 heavy (non-hydrogen) atoms. The van der Waals surface area contributed by atoms with E-state index in [-0.39, 0.29) is 18.4 Å². The number of rotatable bonds is 5. The van der Waals surface area contributed by atoms with Crippen molar-refractivity contribution in [3.63, 3.8) is 0 Å². The first-order chi connectivity index (χ1) is 10.8. The maximum absolute atomic E-state index is 12.0. The van der Waals surface area contributed by atoms with Crippen molar-refractivity contribution in [2.45, 2.75) is 71.3 Å². The SMILES string of the molecule is CCC(C)(C)C(=O)OCOC(=O)OC12CC3CC(CC(C3)C1)C2. The van der Waals surface area contributed by atoms with Crippen LogP contribution in [0.25, 0.3) is 0 Å². The summed E-state index contributed by atoms with van der Waals surface area (Å²) < 4.78 is 15.7. The highest BCUT2D eigenvalue weighted by atomic mass is 16.8. The molecule has 4 fully saturated rings. The molecule has 0 N–H and O–H groups in total. The molecule has 130 valence electrons. The molecular formula is C18H28O5. The predicted molar refractivity (Wildman–Crippen MR) is 83.5 cm³/mol. The molecule has 5 heteroatoms. The summed E-state index contributed by atoms with van der Waals surface area (Å²) in [5.41, 5.74) is -0.883. The van der Waals surface area contributed by atoms with E-state index in [1.807, 2.05) is 20.8 Å². The molecule has 4 bridgehead atoms. The van der Waals surface area contributed by atoms with Gasteiger partial charge in [-0.3, -0.25) is 4.79 Å². The van der Waals surface area contributed by atoms with Gasteiger partial charge in [0.1, 0.15) is 5.60 Å². The Kier molecular flexibility index (Phi) is 4.32. The van der Waals surface area contributed by atoms with Crippen molar-refractivity contribution in [3.05, 3.63) is 0 Å². The van der Waals surface area contributed by atoms with Crippen LogP contribution in [0.15, 0.2) is 0 Å². The van der Waals surface area contributed by atoms with Gasteiger partial charge in [0.05, 0.1) is 5.41 Å². The van der Waals surface area contributed by atoms with E-state index in [1.54, 1.807) is 0 Å². The van der Waals surface area contributed by atoms with Crippen LogP contribution in [-0.2, 0) is 19.0 Å². The highest BCUT2D eigenvalue weighted by Gasteiger charge is 2.53. The summed E-state index contributed by atoms with van der Waals surface area (Å²) in [6, 6.07) is 0. The third-order valence-electron chi connectivity index (χ3n) is 6.09. The quantitative estimate of drug-likeness (QED) is 0.564. The molecule has 0 aromatic rings. The van der Waals surface area contributed by atoms with E-state index in [1.165, 1.54) is 19.3 Å². The first kappa shape index (κ1) is 16.6. The summed E-state index contributed by atoms with van der Waals surface area (Å²) >= 11 is 0. The zero-order valence-corrected chi connectivity index (χ0v) is 14.4. The number of esters is 1. The zero-order chi connectivity index (χ0) is 16.7. The van der Waals surface area contributed by atoms with Gasteiger partial charge < -0.3 is 14.2 Å². The zero-order valence-electron chi connectivity index (χ0n) is 14.4. The maximum atomic E-state index is 12.0. The van der Waals surface area contributed by atoms with Gasteiger partial charge in [0.25, 0.3) is 0 Å². The third kappa shape index (κ3) is 3.48. The second kappa shape index (κ2) is 5.99. The first-order valence-electron chi connectivity index (χ1n) is 8.85. The lowest BCUT2D eigenvalue weighted by molar-refractivity contribution is -0.171. The van der Waals surface area contributed by atoms with Crippen LogP contribution in [0.5, 0.6) is 0 Å². The molecule has 0 aromatic heterocycles. The van der Waals surface area contributed by atoms with Crippen LogP contribution in [-0.4, -0.2) is 24.5 Å². The smallest absolute Gasteiger partial charge is 0.428 e. The highest BCUT2D eigenvalue weighted by Crippen LogP contribution is 2.57. The lowest BCUT2D eigenvalue weighted by Crippen LogP contribution is -2.52. The van der Waals surface area contributed by atoms with E-state index in [2.05, 4.69) is 0 Å². The Morgan fingerprint density at radius 3 is 2.00 bits per heavy atom. The molecule has 4 saturated carbocycles. The minimum Gasteiger partial charge on any atom is -0.428 e. The van der Waals surface area contributed by atoms with Crippen molar-refractivity contribution in [3.8, 4) is 0 Å². The van der Waals surface area contributed by atoms with Crippen molar-refractivity contribution in [2.75, 3.05) is 6.79 Å². The normalized spacial score (nSPS) is 35.0. The van der Waals surface area contributed by atoms with Gasteiger partial charge in [-0.05, 0) is 76.5 Å². The third-order valence-corrected chi connectivity index (χ3v) is 6.09. The average Bonchev–Trinajstić information content (AvgIpc) is 2.44.